The van der Waals surface area contributed by atoms with Gasteiger partial charge in [-0.1, -0.05) is 6.07 Å². The summed E-state index contributed by atoms with van der Waals surface area (Å²) in [7, 11) is 1.44. The first-order valence-corrected chi connectivity index (χ1v) is 9.95. The Labute approximate surface area is 194 Å². The van der Waals surface area contributed by atoms with Gasteiger partial charge in [0.25, 0.3) is 0 Å². The second-order valence-corrected chi connectivity index (χ2v) is 6.44. The molecule has 0 spiro atoms. The van der Waals surface area contributed by atoms with Crippen LogP contribution in [0.3, 0.4) is 0 Å². The van der Waals surface area contributed by atoms with E-state index in [4.69, 9.17) is 9.47 Å². The van der Waals surface area contributed by atoms with Crippen molar-refractivity contribution in [3.05, 3.63) is 23.8 Å². The van der Waals surface area contributed by atoms with Crippen molar-refractivity contribution in [1.29, 1.82) is 0 Å². The van der Waals surface area contributed by atoms with Crippen LogP contribution in [0.2, 0.25) is 0 Å². The monoisotopic (exact) mass is 546 g/mol. The molecule has 1 rings (SSSR count). The number of rotatable bonds is 12. The van der Waals surface area contributed by atoms with E-state index in [1.165, 1.54) is 11.9 Å². The third-order valence-electron chi connectivity index (χ3n) is 3.86. The summed E-state index contributed by atoms with van der Waals surface area (Å²) in [6.07, 6.45) is -3.45. The van der Waals surface area contributed by atoms with E-state index in [0.717, 1.165) is 23.5 Å². The second-order valence-electron chi connectivity index (χ2n) is 6.44. The van der Waals surface area contributed by atoms with Crippen molar-refractivity contribution in [2.24, 2.45) is 4.99 Å². The maximum Gasteiger partial charge on any atom is 0.401 e. The van der Waals surface area contributed by atoms with Gasteiger partial charge in [-0.15, -0.1) is 24.0 Å². The molecular formula is C20H34F3IN4O2. The number of hydrogen-bond acceptors (Lipinski definition) is 4. The van der Waals surface area contributed by atoms with Gasteiger partial charge in [0.1, 0.15) is 0 Å². The topological polar surface area (TPSA) is 58.1 Å². The van der Waals surface area contributed by atoms with Crippen LogP contribution in [0, 0.1) is 0 Å². The number of halogens is 4. The Morgan fingerprint density at radius 1 is 1.07 bits per heavy atom. The molecule has 0 saturated heterocycles. The Hall–Kier alpha value is -1.43. The largest absolute Gasteiger partial charge is 0.490 e. The Kier molecular flexibility index (Phi) is 14.7. The first kappa shape index (κ1) is 28.6. The summed E-state index contributed by atoms with van der Waals surface area (Å²) in [6.45, 7) is 7.78. The molecule has 1 aromatic rings. The highest BCUT2D eigenvalue weighted by atomic mass is 127. The van der Waals surface area contributed by atoms with Gasteiger partial charge in [-0.05, 0) is 51.9 Å². The average molecular weight is 546 g/mol. The first-order chi connectivity index (χ1) is 13.8. The molecule has 0 aliphatic carbocycles. The van der Waals surface area contributed by atoms with Gasteiger partial charge in [-0.25, -0.2) is 0 Å². The summed E-state index contributed by atoms with van der Waals surface area (Å²) in [5.41, 5.74) is 1.09. The van der Waals surface area contributed by atoms with Crippen molar-refractivity contribution in [2.75, 3.05) is 53.0 Å². The van der Waals surface area contributed by atoms with E-state index in [-0.39, 0.29) is 37.1 Å². The van der Waals surface area contributed by atoms with Crippen molar-refractivity contribution in [3.63, 3.8) is 0 Å². The summed E-state index contributed by atoms with van der Waals surface area (Å²) in [5.74, 6) is 2.04. The van der Waals surface area contributed by atoms with E-state index >= 15 is 0 Å². The van der Waals surface area contributed by atoms with Crippen LogP contribution in [0.25, 0.3) is 0 Å². The number of nitrogens with one attached hydrogen (secondary N) is 2. The van der Waals surface area contributed by atoms with Crippen molar-refractivity contribution >= 4 is 29.9 Å². The fraction of sp³-hybridized carbons (Fsp3) is 0.650. The zero-order valence-corrected chi connectivity index (χ0v) is 20.5. The molecule has 0 amide bonds. The van der Waals surface area contributed by atoms with E-state index in [1.54, 1.807) is 0 Å². The lowest BCUT2D eigenvalue weighted by atomic mass is 10.1. The summed E-state index contributed by atoms with van der Waals surface area (Å²) in [4.78, 5) is 5.55. The van der Waals surface area contributed by atoms with Gasteiger partial charge in [-0.2, -0.15) is 13.2 Å². The van der Waals surface area contributed by atoms with Crippen molar-refractivity contribution < 1.29 is 22.6 Å². The molecule has 2 N–H and O–H groups in total. The lowest BCUT2D eigenvalue weighted by Gasteiger charge is -2.18. The Balaban J connectivity index is 0.00000841. The van der Waals surface area contributed by atoms with Gasteiger partial charge in [0.2, 0.25) is 0 Å². The molecule has 10 heteroatoms. The third-order valence-corrected chi connectivity index (χ3v) is 3.86. The predicted molar refractivity (Wildman–Crippen MR) is 125 cm³/mol. The van der Waals surface area contributed by atoms with Gasteiger partial charge < -0.3 is 20.1 Å². The summed E-state index contributed by atoms with van der Waals surface area (Å²) < 4.78 is 48.3. The van der Waals surface area contributed by atoms with Crippen molar-refractivity contribution in [3.8, 4) is 11.5 Å². The molecule has 6 nitrogen and oxygen atoms in total. The quantitative estimate of drug-likeness (QED) is 0.238. The fourth-order valence-electron chi connectivity index (χ4n) is 2.64. The highest BCUT2D eigenvalue weighted by Gasteiger charge is 2.28. The lowest BCUT2D eigenvalue weighted by molar-refractivity contribution is -0.142. The van der Waals surface area contributed by atoms with Crippen LogP contribution in [-0.4, -0.2) is 70.0 Å². The molecule has 0 aromatic heterocycles. The van der Waals surface area contributed by atoms with Gasteiger partial charge in [-0.3, -0.25) is 9.89 Å². The minimum absolute atomic E-state index is 0. The molecular weight excluding hydrogens is 512 g/mol. The smallest absolute Gasteiger partial charge is 0.401 e. The second kappa shape index (κ2) is 15.4. The van der Waals surface area contributed by atoms with Crippen LogP contribution in [0.1, 0.15) is 26.3 Å². The first-order valence-electron chi connectivity index (χ1n) is 9.95. The Bertz CT molecular complexity index is 631. The standard InChI is InChI=1S/C20H33F3N4O2.HI/c1-5-24-19(26-12-13-27(4)15-20(21,22)23)25-11-10-16-8-9-17(28-6-2)18(14-16)29-7-3;/h8-9,14H,5-7,10-13,15H2,1-4H3,(H2,24,25,26);1H. The Morgan fingerprint density at radius 3 is 2.33 bits per heavy atom. The minimum Gasteiger partial charge on any atom is -0.490 e. The van der Waals surface area contributed by atoms with Gasteiger partial charge >= 0.3 is 6.18 Å². The van der Waals surface area contributed by atoms with Gasteiger partial charge in [0, 0.05) is 19.6 Å². The molecule has 0 fully saturated rings. The number of aliphatic imine (C=N–C) groups is 1. The summed E-state index contributed by atoms with van der Waals surface area (Å²) in [6, 6.07) is 5.86. The molecule has 0 saturated carbocycles. The fourth-order valence-corrected chi connectivity index (χ4v) is 2.64. The Morgan fingerprint density at radius 2 is 1.73 bits per heavy atom. The van der Waals surface area contributed by atoms with Gasteiger partial charge in [0.15, 0.2) is 17.5 Å². The van der Waals surface area contributed by atoms with Crippen LogP contribution in [-0.2, 0) is 6.42 Å². The molecule has 0 unspecified atom stereocenters. The van der Waals surface area contributed by atoms with E-state index < -0.39 is 12.7 Å². The van der Waals surface area contributed by atoms with Crippen LogP contribution in [0.5, 0.6) is 11.5 Å². The highest BCUT2D eigenvalue weighted by Crippen LogP contribution is 2.28. The number of guanidine groups is 1. The van der Waals surface area contributed by atoms with E-state index in [0.29, 0.717) is 32.3 Å². The highest BCUT2D eigenvalue weighted by molar-refractivity contribution is 14.0. The molecule has 174 valence electrons. The normalized spacial score (nSPS) is 11.8. The van der Waals surface area contributed by atoms with E-state index in [9.17, 15) is 13.2 Å². The number of nitrogens with zero attached hydrogens (tertiary/aromatic N) is 2. The molecule has 0 bridgehead atoms. The SMILES string of the molecule is CCNC(=NCCN(C)CC(F)(F)F)NCCc1ccc(OCC)c(OCC)c1.I. The molecule has 0 heterocycles. The van der Waals surface area contributed by atoms with Crippen LogP contribution in [0.15, 0.2) is 23.2 Å². The van der Waals surface area contributed by atoms with Crippen LogP contribution < -0.4 is 20.1 Å². The molecule has 1 aromatic carbocycles. The van der Waals surface area contributed by atoms with E-state index in [2.05, 4.69) is 15.6 Å². The van der Waals surface area contributed by atoms with Gasteiger partial charge in [0.05, 0.1) is 26.3 Å². The molecule has 0 atom stereocenters. The van der Waals surface area contributed by atoms with E-state index in [1.807, 2.05) is 39.0 Å². The summed E-state index contributed by atoms with van der Waals surface area (Å²) >= 11 is 0. The number of benzene rings is 1. The number of ether oxygens (including phenoxy) is 2. The van der Waals surface area contributed by atoms with Crippen LogP contribution >= 0.6 is 24.0 Å². The van der Waals surface area contributed by atoms with Crippen molar-refractivity contribution in [1.82, 2.24) is 15.5 Å². The lowest BCUT2D eigenvalue weighted by Crippen LogP contribution is -2.39. The van der Waals surface area contributed by atoms with Crippen molar-refractivity contribution in [2.45, 2.75) is 33.4 Å². The molecule has 0 radical (unpaired) electrons. The number of hydrogen-bond donors (Lipinski definition) is 2. The summed E-state index contributed by atoms with van der Waals surface area (Å²) in [5, 5.41) is 6.31. The molecule has 0 aliphatic rings. The zero-order chi connectivity index (χ0) is 21.7. The maximum atomic E-state index is 12.4. The third kappa shape index (κ3) is 12.3. The predicted octanol–water partition coefficient (Wildman–Crippen LogP) is 3.69. The van der Waals surface area contributed by atoms with Crippen LogP contribution in [0.4, 0.5) is 13.2 Å². The number of alkyl halides is 3. The minimum atomic E-state index is -4.20. The zero-order valence-electron chi connectivity index (χ0n) is 18.1. The molecule has 30 heavy (non-hydrogen) atoms. The average Bonchev–Trinajstić information content (AvgIpc) is 2.62. The molecule has 0 aliphatic heterocycles. The maximum absolute atomic E-state index is 12.4. The number of likely N-dealkylation sites (N-methyl/N-ethyl adjacent to an activating group) is 1.